The number of hydrogen-bond donors (Lipinski definition) is 0. The monoisotopic (exact) mass is 605 g/mol. The largest absolute Gasteiger partial charge is 0.493 e. The van der Waals surface area contributed by atoms with E-state index in [1.165, 1.54) is 0 Å². The number of ether oxygens (including phenoxy) is 4. The van der Waals surface area contributed by atoms with Gasteiger partial charge in [0.05, 0.1) is 49.2 Å². The minimum Gasteiger partial charge on any atom is -0.493 e. The molecule has 0 aliphatic carbocycles. The number of aromatic nitrogens is 2. The second kappa shape index (κ2) is 15.3. The van der Waals surface area contributed by atoms with Crippen LogP contribution in [0.5, 0.6) is 17.2 Å². The van der Waals surface area contributed by atoms with Crippen LogP contribution in [-0.2, 0) is 22.1 Å². The molecular formula is C32H39N5O5S. The molecule has 228 valence electrons. The van der Waals surface area contributed by atoms with Crippen LogP contribution in [0.25, 0.3) is 11.3 Å². The molecule has 3 heterocycles. The van der Waals surface area contributed by atoms with Crippen LogP contribution in [-0.4, -0.2) is 95.4 Å². The first-order valence-corrected chi connectivity index (χ1v) is 16.0. The lowest BCUT2D eigenvalue weighted by molar-refractivity contribution is 0.0254. The zero-order valence-corrected chi connectivity index (χ0v) is 25.7. The fourth-order valence-electron chi connectivity index (χ4n) is 5.11. The minimum absolute atomic E-state index is 0.0591. The van der Waals surface area contributed by atoms with Crippen molar-refractivity contribution in [2.45, 2.75) is 31.8 Å². The Hall–Kier alpha value is -3.56. The van der Waals surface area contributed by atoms with Gasteiger partial charge < -0.3 is 23.8 Å². The van der Waals surface area contributed by atoms with Crippen molar-refractivity contribution in [3.05, 3.63) is 65.6 Å². The summed E-state index contributed by atoms with van der Waals surface area (Å²) in [5, 5.41) is 9.77. The fraction of sp³-hybridized carbons (Fsp3) is 0.469. The van der Waals surface area contributed by atoms with E-state index in [1.54, 1.807) is 13.3 Å². The van der Waals surface area contributed by atoms with E-state index in [4.69, 9.17) is 23.9 Å². The summed E-state index contributed by atoms with van der Waals surface area (Å²) in [5.74, 6) is 3.11. The van der Waals surface area contributed by atoms with Crippen molar-refractivity contribution in [2.24, 2.45) is 0 Å². The first-order chi connectivity index (χ1) is 21.0. The predicted molar refractivity (Wildman–Crippen MR) is 165 cm³/mol. The third-order valence-electron chi connectivity index (χ3n) is 7.62. The fourth-order valence-corrected chi connectivity index (χ4v) is 6.30. The Morgan fingerprint density at radius 1 is 1.05 bits per heavy atom. The number of benzene rings is 2. The van der Waals surface area contributed by atoms with Gasteiger partial charge in [-0.3, -0.25) is 0 Å². The Morgan fingerprint density at radius 3 is 2.60 bits per heavy atom. The molecule has 0 amide bonds. The van der Waals surface area contributed by atoms with Gasteiger partial charge in [-0.15, -0.1) is 0 Å². The van der Waals surface area contributed by atoms with Crippen molar-refractivity contribution >= 4 is 11.0 Å². The molecule has 11 heteroatoms. The minimum atomic E-state index is -0.979. The highest BCUT2D eigenvalue weighted by Crippen LogP contribution is 2.30. The molecule has 2 aliphatic heterocycles. The number of nitrogens with zero attached hydrogens (tertiary/aromatic N) is 5. The zero-order chi connectivity index (χ0) is 30.0. The summed E-state index contributed by atoms with van der Waals surface area (Å²) in [5.41, 5.74) is 3.03. The molecule has 2 aliphatic rings. The van der Waals surface area contributed by atoms with E-state index in [2.05, 4.69) is 23.0 Å². The van der Waals surface area contributed by atoms with Crippen LogP contribution in [0.15, 0.2) is 48.7 Å². The number of likely N-dealkylation sites (N-methyl/N-ethyl adjacent to an activating group) is 1. The molecule has 2 aromatic carbocycles. The van der Waals surface area contributed by atoms with Gasteiger partial charge in [0.1, 0.15) is 23.7 Å². The first kappa shape index (κ1) is 30.9. The van der Waals surface area contributed by atoms with Gasteiger partial charge in [0.2, 0.25) is 0 Å². The van der Waals surface area contributed by atoms with Crippen molar-refractivity contribution in [1.29, 1.82) is 5.26 Å². The second-order valence-electron chi connectivity index (χ2n) is 10.7. The van der Waals surface area contributed by atoms with Gasteiger partial charge in [-0.25, -0.2) is 18.5 Å². The standard InChI is InChI=1S/C32H39N5O5S/c1-36-12-14-37(15-13-36)43(38)19-3-16-41-30-6-4-24(20-31(30)39-2)21-32-34-11-8-28(35-32)25-5-7-29(26(22-25)23-33)42-27-9-17-40-18-10-27/h4-8,11,20,22,27H,3,9-10,12-19,21H2,1-2H3. The van der Waals surface area contributed by atoms with Gasteiger partial charge >= 0.3 is 0 Å². The van der Waals surface area contributed by atoms with Gasteiger partial charge in [0, 0.05) is 63.0 Å². The molecule has 0 N–H and O–H groups in total. The zero-order valence-electron chi connectivity index (χ0n) is 24.9. The summed E-state index contributed by atoms with van der Waals surface area (Å²) in [4.78, 5) is 11.5. The maximum absolute atomic E-state index is 12.6. The van der Waals surface area contributed by atoms with Crippen LogP contribution < -0.4 is 14.2 Å². The van der Waals surface area contributed by atoms with Crippen LogP contribution in [0.4, 0.5) is 0 Å². The van der Waals surface area contributed by atoms with Crippen molar-refractivity contribution in [3.8, 4) is 34.6 Å². The molecule has 1 aromatic heterocycles. The molecule has 2 fully saturated rings. The Kier molecular flexibility index (Phi) is 11.0. The topological polar surface area (TPSA) is 110 Å². The van der Waals surface area contributed by atoms with Gasteiger partial charge in [-0.05, 0) is 55.4 Å². The molecule has 0 spiro atoms. The summed E-state index contributed by atoms with van der Waals surface area (Å²) in [6.07, 6.45) is 4.63. The molecule has 0 radical (unpaired) electrons. The highest BCUT2D eigenvalue weighted by molar-refractivity contribution is 7.82. The highest BCUT2D eigenvalue weighted by atomic mass is 32.2. The van der Waals surface area contributed by atoms with E-state index in [1.807, 2.05) is 46.8 Å². The Balaban J connectivity index is 1.18. The van der Waals surface area contributed by atoms with Crippen molar-refractivity contribution < 1.29 is 23.2 Å². The SMILES string of the molecule is COc1cc(Cc2nccc(-c3ccc(OC4CCOCC4)c(C#N)c3)n2)ccc1OCCCS(=O)N1CCN(C)CC1. The normalized spacial score (nSPS) is 17.2. The van der Waals surface area contributed by atoms with E-state index in [-0.39, 0.29) is 6.10 Å². The van der Waals surface area contributed by atoms with E-state index in [0.717, 1.165) is 55.8 Å². The van der Waals surface area contributed by atoms with Crippen LogP contribution in [0.2, 0.25) is 0 Å². The Morgan fingerprint density at radius 2 is 1.84 bits per heavy atom. The molecule has 3 aromatic rings. The van der Waals surface area contributed by atoms with Gasteiger partial charge in [-0.2, -0.15) is 5.26 Å². The first-order valence-electron chi connectivity index (χ1n) is 14.7. The van der Waals surface area contributed by atoms with E-state index >= 15 is 0 Å². The van der Waals surface area contributed by atoms with Crippen molar-refractivity contribution in [1.82, 2.24) is 19.2 Å². The summed E-state index contributed by atoms with van der Waals surface area (Å²) in [6.45, 7) is 5.39. The van der Waals surface area contributed by atoms with Crippen LogP contribution in [0.3, 0.4) is 0 Å². The van der Waals surface area contributed by atoms with Crippen molar-refractivity contribution in [3.63, 3.8) is 0 Å². The molecule has 10 nitrogen and oxygen atoms in total. The smallest absolute Gasteiger partial charge is 0.161 e. The number of rotatable bonds is 12. The third kappa shape index (κ3) is 8.51. The number of nitriles is 1. The predicted octanol–water partition coefficient (Wildman–Crippen LogP) is 3.85. The van der Waals surface area contributed by atoms with E-state index in [9.17, 15) is 9.47 Å². The Bertz CT molecular complexity index is 1430. The number of piperazine rings is 1. The molecule has 1 atom stereocenters. The lowest BCUT2D eigenvalue weighted by Crippen LogP contribution is -2.45. The molecule has 1 unspecified atom stereocenters. The van der Waals surface area contributed by atoms with E-state index < -0.39 is 11.0 Å². The third-order valence-corrected chi connectivity index (χ3v) is 9.20. The lowest BCUT2D eigenvalue weighted by Gasteiger charge is -2.31. The van der Waals surface area contributed by atoms with Gasteiger partial charge in [0.25, 0.3) is 0 Å². The number of methoxy groups -OCH3 is 1. The lowest BCUT2D eigenvalue weighted by atomic mass is 10.1. The quantitative estimate of drug-likeness (QED) is 0.284. The average Bonchev–Trinajstić information content (AvgIpc) is 3.04. The van der Waals surface area contributed by atoms with E-state index in [0.29, 0.717) is 67.1 Å². The van der Waals surface area contributed by atoms with Crippen LogP contribution in [0.1, 0.15) is 36.2 Å². The summed E-state index contributed by atoms with van der Waals surface area (Å²) in [7, 11) is 2.73. The molecule has 0 bridgehead atoms. The molecule has 43 heavy (non-hydrogen) atoms. The molecular weight excluding hydrogens is 566 g/mol. The second-order valence-corrected chi connectivity index (χ2v) is 12.3. The maximum atomic E-state index is 12.6. The van der Waals surface area contributed by atoms with Gasteiger partial charge in [-0.1, -0.05) is 6.07 Å². The summed E-state index contributed by atoms with van der Waals surface area (Å²) < 4.78 is 37.7. The molecule has 2 saturated heterocycles. The Labute approximate surface area is 256 Å². The number of hydrogen-bond acceptors (Lipinski definition) is 9. The molecule has 0 saturated carbocycles. The van der Waals surface area contributed by atoms with Crippen molar-refractivity contribution in [2.75, 3.05) is 65.9 Å². The van der Waals surface area contributed by atoms with Crippen LogP contribution in [0, 0.1) is 11.3 Å². The highest BCUT2D eigenvalue weighted by Gasteiger charge is 2.19. The molecule has 5 rings (SSSR count). The summed E-state index contributed by atoms with van der Waals surface area (Å²) >= 11 is 0. The maximum Gasteiger partial charge on any atom is 0.161 e. The van der Waals surface area contributed by atoms with Crippen LogP contribution >= 0.6 is 0 Å². The average molecular weight is 606 g/mol. The van der Waals surface area contributed by atoms with Gasteiger partial charge in [0.15, 0.2) is 11.5 Å². The summed E-state index contributed by atoms with van der Waals surface area (Å²) in [6, 6.07) is 15.5.